The molecule has 0 bridgehead atoms. The number of carbonyl (C=O) groups excluding carboxylic acids is 2. The molecule has 0 radical (unpaired) electrons. The van der Waals surface area contributed by atoms with Crippen LogP contribution in [-0.2, 0) is 16.0 Å². The lowest BCUT2D eigenvalue weighted by molar-refractivity contribution is -0.130. The second kappa shape index (κ2) is 8.72. The Labute approximate surface area is 142 Å². The zero-order chi connectivity index (χ0) is 17.4. The van der Waals surface area contributed by atoms with Gasteiger partial charge >= 0.3 is 0 Å². The molecule has 0 aliphatic carbocycles. The van der Waals surface area contributed by atoms with Crippen LogP contribution < -0.4 is 15.6 Å². The predicted octanol–water partition coefficient (Wildman–Crippen LogP) is 2.46. The lowest BCUT2D eigenvalue weighted by atomic mass is 10.1. The number of benzene rings is 2. The van der Waals surface area contributed by atoms with Gasteiger partial charge in [0.15, 0.2) is 6.61 Å². The van der Waals surface area contributed by atoms with Gasteiger partial charge in [0.2, 0.25) is 5.91 Å². The van der Waals surface area contributed by atoms with E-state index < -0.39 is 5.91 Å². The Balaban J connectivity index is 1.65. The van der Waals surface area contributed by atoms with Crippen LogP contribution in [0, 0.1) is 13.8 Å². The summed E-state index contributed by atoms with van der Waals surface area (Å²) in [6.45, 7) is 3.81. The zero-order valence-corrected chi connectivity index (χ0v) is 14.0. The van der Waals surface area contributed by atoms with Gasteiger partial charge in [-0.25, -0.2) is 0 Å². The van der Waals surface area contributed by atoms with Crippen molar-refractivity contribution in [2.75, 3.05) is 6.61 Å². The second-order valence-electron chi connectivity index (χ2n) is 5.69. The Morgan fingerprint density at radius 1 is 0.917 bits per heavy atom. The van der Waals surface area contributed by atoms with Gasteiger partial charge in [-0.2, -0.15) is 0 Å². The van der Waals surface area contributed by atoms with Crippen molar-refractivity contribution in [1.29, 1.82) is 0 Å². The van der Waals surface area contributed by atoms with Crippen LogP contribution >= 0.6 is 0 Å². The van der Waals surface area contributed by atoms with E-state index in [1.807, 2.05) is 56.3 Å². The molecule has 5 heteroatoms. The van der Waals surface area contributed by atoms with E-state index in [0.717, 1.165) is 11.1 Å². The molecule has 0 fully saturated rings. The van der Waals surface area contributed by atoms with Gasteiger partial charge in [0.1, 0.15) is 5.75 Å². The monoisotopic (exact) mass is 326 g/mol. The Hall–Kier alpha value is -2.82. The highest BCUT2D eigenvalue weighted by molar-refractivity contribution is 5.82. The van der Waals surface area contributed by atoms with E-state index >= 15 is 0 Å². The average Bonchev–Trinajstić information content (AvgIpc) is 2.57. The van der Waals surface area contributed by atoms with E-state index in [1.165, 1.54) is 5.56 Å². The third-order valence-electron chi connectivity index (χ3n) is 3.46. The first-order valence-corrected chi connectivity index (χ1v) is 7.85. The SMILES string of the molecule is Cc1ccc(CCC(=O)NNC(=O)COc2cccc(C)c2)cc1. The molecule has 2 aromatic carbocycles. The maximum atomic E-state index is 11.7. The molecule has 2 aromatic rings. The number of hydrazine groups is 1. The third-order valence-corrected chi connectivity index (χ3v) is 3.46. The highest BCUT2D eigenvalue weighted by atomic mass is 16.5. The third kappa shape index (κ3) is 6.12. The Morgan fingerprint density at radius 3 is 2.33 bits per heavy atom. The topological polar surface area (TPSA) is 67.4 Å². The van der Waals surface area contributed by atoms with Crippen molar-refractivity contribution < 1.29 is 14.3 Å². The number of hydrogen-bond donors (Lipinski definition) is 2. The normalized spacial score (nSPS) is 10.1. The summed E-state index contributed by atoms with van der Waals surface area (Å²) in [5.74, 6) is -0.0180. The first-order chi connectivity index (χ1) is 11.5. The molecule has 0 aliphatic heterocycles. The summed E-state index contributed by atoms with van der Waals surface area (Å²) in [7, 11) is 0. The summed E-state index contributed by atoms with van der Waals surface area (Å²) in [4.78, 5) is 23.4. The quantitative estimate of drug-likeness (QED) is 0.801. The molecule has 126 valence electrons. The van der Waals surface area contributed by atoms with Gasteiger partial charge in [-0.05, 0) is 43.5 Å². The summed E-state index contributed by atoms with van der Waals surface area (Å²) in [6, 6.07) is 15.4. The lowest BCUT2D eigenvalue weighted by Gasteiger charge is -2.09. The Morgan fingerprint density at radius 2 is 1.62 bits per heavy atom. The number of carbonyl (C=O) groups is 2. The summed E-state index contributed by atoms with van der Waals surface area (Å²) < 4.78 is 5.36. The molecular formula is C19H22N2O3. The van der Waals surface area contributed by atoms with Crippen LogP contribution in [0.25, 0.3) is 0 Å². The van der Waals surface area contributed by atoms with Crippen LogP contribution in [0.15, 0.2) is 48.5 Å². The molecular weight excluding hydrogens is 304 g/mol. The van der Waals surface area contributed by atoms with Crippen LogP contribution in [0.5, 0.6) is 5.75 Å². The molecule has 0 aromatic heterocycles. The molecule has 0 aliphatic rings. The molecule has 2 N–H and O–H groups in total. The zero-order valence-electron chi connectivity index (χ0n) is 14.0. The summed E-state index contributed by atoms with van der Waals surface area (Å²) in [5.41, 5.74) is 8.07. The molecule has 0 spiro atoms. The fourth-order valence-electron chi connectivity index (χ4n) is 2.10. The van der Waals surface area contributed by atoms with Crippen molar-refractivity contribution in [2.45, 2.75) is 26.7 Å². The molecule has 0 saturated heterocycles. The number of aryl methyl sites for hydroxylation is 3. The largest absolute Gasteiger partial charge is 0.484 e. The van der Waals surface area contributed by atoms with Crippen molar-refractivity contribution in [2.24, 2.45) is 0 Å². The molecule has 2 rings (SSSR count). The first-order valence-electron chi connectivity index (χ1n) is 7.85. The lowest BCUT2D eigenvalue weighted by Crippen LogP contribution is -2.43. The maximum Gasteiger partial charge on any atom is 0.276 e. The highest BCUT2D eigenvalue weighted by Crippen LogP contribution is 2.11. The minimum Gasteiger partial charge on any atom is -0.484 e. The molecule has 5 nitrogen and oxygen atoms in total. The summed E-state index contributed by atoms with van der Waals surface area (Å²) in [5, 5.41) is 0. The van der Waals surface area contributed by atoms with Gasteiger partial charge in [0, 0.05) is 6.42 Å². The number of nitrogens with one attached hydrogen (secondary N) is 2. The van der Waals surface area contributed by atoms with E-state index in [-0.39, 0.29) is 12.5 Å². The molecule has 0 saturated carbocycles. The van der Waals surface area contributed by atoms with E-state index in [2.05, 4.69) is 10.9 Å². The molecule has 0 atom stereocenters. The van der Waals surface area contributed by atoms with Crippen molar-refractivity contribution >= 4 is 11.8 Å². The van der Waals surface area contributed by atoms with Gasteiger partial charge in [0.05, 0.1) is 0 Å². The van der Waals surface area contributed by atoms with Crippen molar-refractivity contribution in [3.8, 4) is 5.75 Å². The summed E-state index contributed by atoms with van der Waals surface area (Å²) in [6.07, 6.45) is 0.934. The van der Waals surface area contributed by atoms with Crippen LogP contribution in [0.2, 0.25) is 0 Å². The van der Waals surface area contributed by atoms with Gasteiger partial charge in [-0.1, -0.05) is 42.0 Å². The number of rotatable bonds is 6. The fourth-order valence-corrected chi connectivity index (χ4v) is 2.10. The standard InChI is InChI=1S/C19H22N2O3/c1-14-6-8-16(9-7-14)10-11-18(22)20-21-19(23)13-24-17-5-3-4-15(2)12-17/h3-9,12H,10-11,13H2,1-2H3,(H,20,22)(H,21,23). The van der Waals surface area contributed by atoms with Gasteiger partial charge in [-0.15, -0.1) is 0 Å². The van der Waals surface area contributed by atoms with Crippen LogP contribution in [0.1, 0.15) is 23.1 Å². The predicted molar refractivity (Wildman–Crippen MR) is 92.5 cm³/mol. The minimum absolute atomic E-state index is 0.151. The Kier molecular flexibility index (Phi) is 6.37. The number of hydrogen-bond acceptors (Lipinski definition) is 3. The van der Waals surface area contributed by atoms with E-state index in [4.69, 9.17) is 4.74 Å². The number of ether oxygens (including phenoxy) is 1. The first kappa shape index (κ1) is 17.5. The van der Waals surface area contributed by atoms with E-state index in [0.29, 0.717) is 18.6 Å². The highest BCUT2D eigenvalue weighted by Gasteiger charge is 2.06. The van der Waals surface area contributed by atoms with Gasteiger partial charge in [-0.3, -0.25) is 20.4 Å². The molecule has 24 heavy (non-hydrogen) atoms. The average molecular weight is 326 g/mol. The van der Waals surface area contributed by atoms with Crippen molar-refractivity contribution in [3.05, 3.63) is 65.2 Å². The van der Waals surface area contributed by atoms with E-state index in [1.54, 1.807) is 6.07 Å². The second-order valence-corrected chi connectivity index (χ2v) is 5.69. The fraction of sp³-hybridized carbons (Fsp3) is 0.263. The van der Waals surface area contributed by atoms with Crippen LogP contribution in [0.4, 0.5) is 0 Å². The Bertz CT molecular complexity index is 696. The van der Waals surface area contributed by atoms with Crippen LogP contribution in [-0.4, -0.2) is 18.4 Å². The molecule has 0 unspecified atom stereocenters. The van der Waals surface area contributed by atoms with Crippen LogP contribution in [0.3, 0.4) is 0 Å². The smallest absolute Gasteiger partial charge is 0.276 e. The molecule has 0 heterocycles. The summed E-state index contributed by atoms with van der Waals surface area (Å²) >= 11 is 0. The van der Waals surface area contributed by atoms with Crippen molar-refractivity contribution in [1.82, 2.24) is 10.9 Å². The van der Waals surface area contributed by atoms with E-state index in [9.17, 15) is 9.59 Å². The maximum absolute atomic E-state index is 11.7. The minimum atomic E-state index is -0.403. The van der Waals surface area contributed by atoms with Gasteiger partial charge < -0.3 is 4.74 Å². The molecule has 2 amide bonds. The van der Waals surface area contributed by atoms with Crippen molar-refractivity contribution in [3.63, 3.8) is 0 Å². The van der Waals surface area contributed by atoms with Gasteiger partial charge in [0.25, 0.3) is 5.91 Å². The number of amides is 2.